The number of rotatable bonds is 4. The third kappa shape index (κ3) is 2.61. The first-order valence-electron chi connectivity index (χ1n) is 7.09. The van der Waals surface area contributed by atoms with Crippen molar-refractivity contribution in [3.05, 3.63) is 71.8 Å². The Morgan fingerprint density at radius 2 is 1.95 bits per heavy atom. The van der Waals surface area contributed by atoms with Crippen LogP contribution in [0.4, 0.5) is 5.13 Å². The third-order valence-corrected chi connectivity index (χ3v) is 4.34. The fourth-order valence-electron chi connectivity index (χ4n) is 2.39. The number of furan rings is 1. The molecule has 0 amide bonds. The molecule has 4 rings (SSSR count). The topological polar surface area (TPSA) is 38.1 Å². The number of nitrogens with zero attached hydrogens (tertiary/aromatic N) is 1. The Balaban J connectivity index is 1.53. The lowest BCUT2D eigenvalue weighted by Gasteiger charge is -2.02. The highest BCUT2D eigenvalue weighted by Gasteiger charge is 2.06. The number of fused-ring (bicyclic) bond motifs is 1. The lowest BCUT2D eigenvalue weighted by atomic mass is 10.1. The van der Waals surface area contributed by atoms with Crippen LogP contribution in [0.3, 0.4) is 0 Å². The highest BCUT2D eigenvalue weighted by molar-refractivity contribution is 7.14. The van der Waals surface area contributed by atoms with Crippen molar-refractivity contribution in [3.63, 3.8) is 0 Å². The molecule has 0 aliphatic carbocycles. The van der Waals surface area contributed by atoms with E-state index in [-0.39, 0.29) is 0 Å². The maximum Gasteiger partial charge on any atom is 0.183 e. The van der Waals surface area contributed by atoms with Gasteiger partial charge in [0.1, 0.15) is 5.58 Å². The Hall–Kier alpha value is -2.59. The van der Waals surface area contributed by atoms with Gasteiger partial charge in [0, 0.05) is 22.9 Å². The van der Waals surface area contributed by atoms with E-state index in [1.165, 1.54) is 5.56 Å². The van der Waals surface area contributed by atoms with Gasteiger partial charge < -0.3 is 9.73 Å². The summed E-state index contributed by atoms with van der Waals surface area (Å²) in [5, 5.41) is 7.49. The molecule has 0 aliphatic heterocycles. The Morgan fingerprint density at radius 3 is 2.86 bits per heavy atom. The first-order chi connectivity index (χ1) is 10.9. The van der Waals surface area contributed by atoms with Gasteiger partial charge in [0.05, 0.1) is 12.0 Å². The van der Waals surface area contributed by atoms with Crippen molar-refractivity contribution in [2.24, 2.45) is 0 Å². The normalized spacial score (nSPS) is 10.9. The second-order valence-corrected chi connectivity index (χ2v) is 5.91. The summed E-state index contributed by atoms with van der Waals surface area (Å²) in [5.41, 5.74) is 4.25. The van der Waals surface area contributed by atoms with Crippen molar-refractivity contribution in [2.45, 2.75) is 6.54 Å². The molecule has 0 spiro atoms. The Kier molecular flexibility index (Phi) is 3.37. The SMILES string of the molecule is c1ccc(CNc2nc(-c3ccc4occc4c3)cs2)cc1. The van der Waals surface area contributed by atoms with E-state index in [2.05, 4.69) is 33.9 Å². The summed E-state index contributed by atoms with van der Waals surface area (Å²) in [6.45, 7) is 0.786. The molecule has 1 N–H and O–H groups in total. The minimum atomic E-state index is 0.786. The van der Waals surface area contributed by atoms with Gasteiger partial charge in [-0.3, -0.25) is 0 Å². The minimum Gasteiger partial charge on any atom is -0.464 e. The molecule has 2 aromatic carbocycles. The molecule has 2 heterocycles. The van der Waals surface area contributed by atoms with Crippen LogP contribution in [-0.4, -0.2) is 4.98 Å². The van der Waals surface area contributed by atoms with Gasteiger partial charge >= 0.3 is 0 Å². The van der Waals surface area contributed by atoms with E-state index in [9.17, 15) is 0 Å². The summed E-state index contributed by atoms with van der Waals surface area (Å²) in [6.07, 6.45) is 1.71. The summed E-state index contributed by atoms with van der Waals surface area (Å²) >= 11 is 1.63. The molecule has 4 aromatic rings. The van der Waals surface area contributed by atoms with Crippen molar-refractivity contribution in [3.8, 4) is 11.3 Å². The summed E-state index contributed by atoms with van der Waals surface area (Å²) in [7, 11) is 0. The van der Waals surface area contributed by atoms with Crippen LogP contribution in [-0.2, 0) is 6.54 Å². The predicted molar refractivity (Wildman–Crippen MR) is 91.1 cm³/mol. The van der Waals surface area contributed by atoms with Gasteiger partial charge in [-0.1, -0.05) is 30.3 Å². The van der Waals surface area contributed by atoms with E-state index in [4.69, 9.17) is 4.42 Å². The maximum atomic E-state index is 5.37. The Bertz CT molecular complexity index is 896. The van der Waals surface area contributed by atoms with Gasteiger partial charge in [-0.15, -0.1) is 11.3 Å². The first-order valence-corrected chi connectivity index (χ1v) is 7.97. The average Bonchev–Trinajstić information content (AvgIpc) is 3.22. The van der Waals surface area contributed by atoms with Gasteiger partial charge in [0.2, 0.25) is 0 Å². The third-order valence-electron chi connectivity index (χ3n) is 3.54. The zero-order chi connectivity index (χ0) is 14.8. The molecule has 0 aliphatic rings. The summed E-state index contributed by atoms with van der Waals surface area (Å²) in [5.74, 6) is 0. The molecule has 0 saturated carbocycles. The first kappa shape index (κ1) is 13.1. The monoisotopic (exact) mass is 306 g/mol. The second kappa shape index (κ2) is 5.66. The molecule has 22 heavy (non-hydrogen) atoms. The van der Waals surface area contributed by atoms with E-state index >= 15 is 0 Å². The molecule has 0 saturated heterocycles. The van der Waals surface area contributed by atoms with Crippen molar-refractivity contribution in [1.29, 1.82) is 0 Å². The van der Waals surface area contributed by atoms with E-state index in [1.54, 1.807) is 17.6 Å². The number of benzene rings is 2. The number of aromatic nitrogens is 1. The molecule has 4 heteroatoms. The number of thiazole rings is 1. The fraction of sp³-hybridized carbons (Fsp3) is 0.0556. The summed E-state index contributed by atoms with van der Waals surface area (Å²) in [6, 6.07) is 18.4. The van der Waals surface area contributed by atoms with Gasteiger partial charge in [-0.2, -0.15) is 0 Å². The van der Waals surface area contributed by atoms with Gasteiger partial charge in [-0.05, 0) is 29.8 Å². The van der Waals surface area contributed by atoms with Crippen LogP contribution < -0.4 is 5.32 Å². The molecule has 3 nitrogen and oxygen atoms in total. The largest absolute Gasteiger partial charge is 0.464 e. The van der Waals surface area contributed by atoms with Crippen molar-refractivity contribution >= 4 is 27.4 Å². The lowest BCUT2D eigenvalue weighted by molar-refractivity contribution is 0.616. The minimum absolute atomic E-state index is 0.786. The van der Waals surface area contributed by atoms with Crippen LogP contribution in [0.15, 0.2) is 70.7 Å². The zero-order valence-electron chi connectivity index (χ0n) is 11.8. The van der Waals surface area contributed by atoms with E-state index in [0.717, 1.165) is 33.9 Å². The molecule has 108 valence electrons. The van der Waals surface area contributed by atoms with Crippen molar-refractivity contribution in [1.82, 2.24) is 4.98 Å². The van der Waals surface area contributed by atoms with Crippen LogP contribution in [0.5, 0.6) is 0 Å². The second-order valence-electron chi connectivity index (χ2n) is 5.05. The maximum absolute atomic E-state index is 5.37. The average molecular weight is 306 g/mol. The fourth-order valence-corrected chi connectivity index (χ4v) is 3.11. The highest BCUT2D eigenvalue weighted by atomic mass is 32.1. The zero-order valence-corrected chi connectivity index (χ0v) is 12.6. The van der Waals surface area contributed by atoms with E-state index < -0.39 is 0 Å². The van der Waals surface area contributed by atoms with Gasteiger partial charge in [0.15, 0.2) is 5.13 Å². The summed E-state index contributed by atoms with van der Waals surface area (Å²) in [4.78, 5) is 4.66. The standard InChI is InChI=1S/C18H14N2OS/c1-2-4-13(5-3-1)11-19-18-20-16(12-22-18)14-6-7-17-15(10-14)8-9-21-17/h1-10,12H,11H2,(H,19,20). The molecule has 0 bridgehead atoms. The Labute approximate surface area is 132 Å². The molecule has 2 aromatic heterocycles. The number of hydrogen-bond acceptors (Lipinski definition) is 4. The van der Waals surface area contributed by atoms with Gasteiger partial charge in [0.25, 0.3) is 0 Å². The molecule has 0 atom stereocenters. The van der Waals surface area contributed by atoms with Crippen LogP contribution in [0.25, 0.3) is 22.2 Å². The molecular formula is C18H14N2OS. The quantitative estimate of drug-likeness (QED) is 0.565. The number of nitrogens with one attached hydrogen (secondary N) is 1. The van der Waals surface area contributed by atoms with Gasteiger partial charge in [-0.25, -0.2) is 4.98 Å². The number of hydrogen-bond donors (Lipinski definition) is 1. The molecule has 0 radical (unpaired) electrons. The summed E-state index contributed by atoms with van der Waals surface area (Å²) < 4.78 is 5.37. The van der Waals surface area contributed by atoms with Crippen LogP contribution >= 0.6 is 11.3 Å². The highest BCUT2D eigenvalue weighted by Crippen LogP contribution is 2.28. The van der Waals surface area contributed by atoms with Crippen molar-refractivity contribution < 1.29 is 4.42 Å². The molecule has 0 unspecified atom stereocenters. The lowest BCUT2D eigenvalue weighted by Crippen LogP contribution is -1.98. The molecule has 0 fully saturated rings. The van der Waals surface area contributed by atoms with Crippen LogP contribution in [0.1, 0.15) is 5.56 Å². The molecular weight excluding hydrogens is 292 g/mol. The van der Waals surface area contributed by atoms with Crippen molar-refractivity contribution in [2.75, 3.05) is 5.32 Å². The van der Waals surface area contributed by atoms with Crippen LogP contribution in [0.2, 0.25) is 0 Å². The van der Waals surface area contributed by atoms with E-state index in [1.807, 2.05) is 36.4 Å². The Morgan fingerprint density at radius 1 is 1.05 bits per heavy atom. The predicted octanol–water partition coefficient (Wildman–Crippen LogP) is 5.17. The van der Waals surface area contributed by atoms with Crippen LogP contribution in [0, 0.1) is 0 Å². The number of anilines is 1. The van der Waals surface area contributed by atoms with E-state index in [0.29, 0.717) is 0 Å². The smallest absolute Gasteiger partial charge is 0.183 e.